The van der Waals surface area contributed by atoms with E-state index in [2.05, 4.69) is 28.0 Å². The number of nitrogens with one attached hydrogen (secondary N) is 1. The molecule has 0 heterocycles. The van der Waals surface area contributed by atoms with Crippen LogP contribution in [0.25, 0.3) is 0 Å². The topological polar surface area (TPSA) is 38.0 Å². The van der Waals surface area contributed by atoms with Crippen LogP contribution in [0.15, 0.2) is 42.5 Å². The van der Waals surface area contributed by atoms with Crippen molar-refractivity contribution in [1.82, 2.24) is 5.43 Å². The summed E-state index contributed by atoms with van der Waals surface area (Å²) in [6.07, 6.45) is 0. The van der Waals surface area contributed by atoms with Crippen LogP contribution >= 0.6 is 22.6 Å². The Morgan fingerprint density at radius 1 is 1.22 bits per heavy atom. The van der Waals surface area contributed by atoms with Crippen molar-refractivity contribution >= 4 is 22.6 Å². The summed E-state index contributed by atoms with van der Waals surface area (Å²) >= 11 is 2.27. The van der Waals surface area contributed by atoms with Gasteiger partial charge in [-0.25, -0.2) is 9.82 Å². The third-order valence-corrected chi connectivity index (χ3v) is 3.88. The van der Waals surface area contributed by atoms with Crippen LogP contribution in [0.5, 0.6) is 0 Å². The van der Waals surface area contributed by atoms with Gasteiger partial charge in [-0.2, -0.15) is 0 Å². The van der Waals surface area contributed by atoms with Crippen LogP contribution in [0.1, 0.15) is 22.7 Å². The van der Waals surface area contributed by atoms with Gasteiger partial charge in [0.05, 0.1) is 6.04 Å². The van der Waals surface area contributed by atoms with Gasteiger partial charge in [-0.15, -0.1) is 0 Å². The number of halogens is 2. The number of rotatable bonds is 3. The third-order valence-electron chi connectivity index (χ3n) is 2.90. The summed E-state index contributed by atoms with van der Waals surface area (Å²) in [5, 5.41) is 0. The first-order chi connectivity index (χ1) is 8.63. The number of hydrazine groups is 1. The lowest BCUT2D eigenvalue weighted by atomic mass is 9.98. The molecule has 0 bridgehead atoms. The van der Waals surface area contributed by atoms with Crippen LogP contribution in [-0.2, 0) is 0 Å². The van der Waals surface area contributed by atoms with Crippen molar-refractivity contribution in [1.29, 1.82) is 0 Å². The first-order valence-corrected chi connectivity index (χ1v) is 6.68. The molecule has 0 aliphatic rings. The van der Waals surface area contributed by atoms with Gasteiger partial charge in [-0.05, 0) is 58.3 Å². The molecule has 0 amide bonds. The van der Waals surface area contributed by atoms with Crippen molar-refractivity contribution in [2.45, 2.75) is 13.0 Å². The number of hydrogen-bond donors (Lipinski definition) is 2. The van der Waals surface area contributed by atoms with E-state index >= 15 is 0 Å². The van der Waals surface area contributed by atoms with E-state index in [-0.39, 0.29) is 11.9 Å². The zero-order valence-electron chi connectivity index (χ0n) is 9.95. The van der Waals surface area contributed by atoms with Crippen LogP contribution < -0.4 is 11.3 Å². The SMILES string of the molecule is Cc1cc(C(NN)c2ccccc2I)ccc1F. The second kappa shape index (κ2) is 5.77. The maximum atomic E-state index is 13.3. The van der Waals surface area contributed by atoms with Crippen LogP contribution in [-0.4, -0.2) is 0 Å². The molecule has 0 spiro atoms. The minimum absolute atomic E-state index is 0.127. The average molecular weight is 356 g/mol. The zero-order valence-corrected chi connectivity index (χ0v) is 12.1. The Morgan fingerprint density at radius 3 is 2.56 bits per heavy atom. The van der Waals surface area contributed by atoms with Gasteiger partial charge in [0.2, 0.25) is 0 Å². The van der Waals surface area contributed by atoms with Gasteiger partial charge >= 0.3 is 0 Å². The molecule has 2 aromatic carbocycles. The first kappa shape index (κ1) is 13.5. The Balaban J connectivity index is 2.45. The van der Waals surface area contributed by atoms with Crippen molar-refractivity contribution in [2.24, 2.45) is 5.84 Å². The van der Waals surface area contributed by atoms with Crippen molar-refractivity contribution in [3.8, 4) is 0 Å². The normalized spacial score (nSPS) is 12.4. The highest BCUT2D eigenvalue weighted by atomic mass is 127. The lowest BCUT2D eigenvalue weighted by molar-refractivity contribution is 0.607. The Hall–Kier alpha value is -0.980. The van der Waals surface area contributed by atoms with E-state index in [1.165, 1.54) is 6.07 Å². The zero-order chi connectivity index (χ0) is 13.1. The summed E-state index contributed by atoms with van der Waals surface area (Å²) in [6.45, 7) is 1.75. The molecule has 0 saturated carbocycles. The number of nitrogens with two attached hydrogens (primary N) is 1. The van der Waals surface area contributed by atoms with Gasteiger partial charge in [0.1, 0.15) is 5.82 Å². The number of aryl methyl sites for hydroxylation is 1. The molecule has 0 aliphatic heterocycles. The maximum absolute atomic E-state index is 13.3. The molecule has 94 valence electrons. The van der Waals surface area contributed by atoms with Gasteiger partial charge < -0.3 is 0 Å². The van der Waals surface area contributed by atoms with Gasteiger partial charge in [0, 0.05) is 3.57 Å². The minimum Gasteiger partial charge on any atom is -0.271 e. The lowest BCUT2D eigenvalue weighted by Crippen LogP contribution is -2.29. The van der Waals surface area contributed by atoms with E-state index in [9.17, 15) is 4.39 Å². The molecule has 0 radical (unpaired) electrons. The number of hydrogen-bond acceptors (Lipinski definition) is 2. The molecule has 0 fully saturated rings. The highest BCUT2D eigenvalue weighted by Crippen LogP contribution is 2.26. The molecule has 4 heteroatoms. The molecular formula is C14H14FIN2. The van der Waals surface area contributed by atoms with E-state index in [1.54, 1.807) is 13.0 Å². The van der Waals surface area contributed by atoms with Crippen molar-refractivity contribution in [3.05, 3.63) is 68.5 Å². The number of benzene rings is 2. The fraction of sp³-hybridized carbons (Fsp3) is 0.143. The predicted octanol–water partition coefficient (Wildman–Crippen LogP) is 3.29. The van der Waals surface area contributed by atoms with Gasteiger partial charge in [-0.1, -0.05) is 30.3 Å². The molecule has 1 unspecified atom stereocenters. The summed E-state index contributed by atoms with van der Waals surface area (Å²) in [5.74, 6) is 5.45. The van der Waals surface area contributed by atoms with E-state index in [1.807, 2.05) is 30.3 Å². The molecule has 1 atom stereocenters. The molecule has 0 aromatic heterocycles. The van der Waals surface area contributed by atoms with Gasteiger partial charge in [0.25, 0.3) is 0 Å². The standard InChI is InChI=1S/C14H14FIN2/c1-9-8-10(6-7-12(9)15)14(18-17)11-4-2-3-5-13(11)16/h2-8,14,18H,17H2,1H3. The Bertz CT molecular complexity index is 557. The molecule has 3 N–H and O–H groups in total. The Labute approximate surface area is 120 Å². The Morgan fingerprint density at radius 2 is 1.94 bits per heavy atom. The van der Waals surface area contributed by atoms with Crippen molar-refractivity contribution in [3.63, 3.8) is 0 Å². The second-order valence-corrected chi connectivity index (χ2v) is 5.29. The van der Waals surface area contributed by atoms with E-state index in [4.69, 9.17) is 5.84 Å². The highest BCUT2D eigenvalue weighted by molar-refractivity contribution is 14.1. The average Bonchev–Trinajstić information content (AvgIpc) is 2.37. The molecule has 2 rings (SSSR count). The summed E-state index contributed by atoms with van der Waals surface area (Å²) < 4.78 is 14.4. The predicted molar refractivity (Wildman–Crippen MR) is 79.5 cm³/mol. The lowest BCUT2D eigenvalue weighted by Gasteiger charge is -2.19. The van der Waals surface area contributed by atoms with E-state index in [0.29, 0.717) is 5.56 Å². The molecule has 2 aromatic rings. The Kier molecular flexibility index (Phi) is 4.31. The summed E-state index contributed by atoms with van der Waals surface area (Å²) in [7, 11) is 0. The summed E-state index contributed by atoms with van der Waals surface area (Å²) in [6, 6.07) is 12.9. The van der Waals surface area contributed by atoms with E-state index in [0.717, 1.165) is 14.7 Å². The molecule has 18 heavy (non-hydrogen) atoms. The highest BCUT2D eigenvalue weighted by Gasteiger charge is 2.15. The summed E-state index contributed by atoms with van der Waals surface area (Å²) in [5.41, 5.74) is 5.47. The molecule has 0 saturated heterocycles. The monoisotopic (exact) mass is 356 g/mol. The smallest absolute Gasteiger partial charge is 0.126 e. The molecular weight excluding hydrogens is 342 g/mol. The van der Waals surface area contributed by atoms with Crippen LogP contribution in [0, 0.1) is 16.3 Å². The molecule has 0 aliphatic carbocycles. The fourth-order valence-corrected chi connectivity index (χ4v) is 2.62. The van der Waals surface area contributed by atoms with Crippen LogP contribution in [0.2, 0.25) is 0 Å². The van der Waals surface area contributed by atoms with E-state index < -0.39 is 0 Å². The van der Waals surface area contributed by atoms with Gasteiger partial charge in [0.15, 0.2) is 0 Å². The second-order valence-electron chi connectivity index (χ2n) is 4.13. The largest absolute Gasteiger partial charge is 0.271 e. The van der Waals surface area contributed by atoms with Crippen LogP contribution in [0.3, 0.4) is 0 Å². The quantitative estimate of drug-likeness (QED) is 0.503. The van der Waals surface area contributed by atoms with Crippen LogP contribution in [0.4, 0.5) is 4.39 Å². The molecule has 2 nitrogen and oxygen atoms in total. The third kappa shape index (κ3) is 2.71. The van der Waals surface area contributed by atoms with Crippen molar-refractivity contribution in [2.75, 3.05) is 0 Å². The fourth-order valence-electron chi connectivity index (χ4n) is 1.92. The maximum Gasteiger partial charge on any atom is 0.126 e. The first-order valence-electron chi connectivity index (χ1n) is 5.60. The van der Waals surface area contributed by atoms with Crippen molar-refractivity contribution < 1.29 is 4.39 Å². The minimum atomic E-state index is -0.197. The summed E-state index contributed by atoms with van der Waals surface area (Å²) in [4.78, 5) is 0. The van der Waals surface area contributed by atoms with Gasteiger partial charge in [-0.3, -0.25) is 5.84 Å².